The number of nitrogens with one attached hydrogen (secondary N) is 1. The smallest absolute Gasteiger partial charge is 0.181 e. The monoisotopic (exact) mass is 220 g/mol. The first kappa shape index (κ1) is 9.96. The third kappa shape index (κ3) is 2.26. The van der Waals surface area contributed by atoms with Gasteiger partial charge < -0.3 is 10.1 Å². The molecular weight excluding hydrogens is 212 g/mol. The normalized spacial score (nSPS) is 9.93. The Morgan fingerprint density at radius 2 is 2.27 bits per heavy atom. The third-order valence-electron chi connectivity index (χ3n) is 1.67. The van der Waals surface area contributed by atoms with Gasteiger partial charge in [0.25, 0.3) is 0 Å². The van der Waals surface area contributed by atoms with Crippen LogP contribution in [0.4, 0.5) is 0 Å². The lowest BCUT2D eigenvalue weighted by Gasteiger charge is -1.96. The van der Waals surface area contributed by atoms with Gasteiger partial charge in [0, 0.05) is 0 Å². The summed E-state index contributed by atoms with van der Waals surface area (Å²) in [5.41, 5.74) is 1.48. The predicted molar refractivity (Wildman–Crippen MR) is 57.3 cm³/mol. The van der Waals surface area contributed by atoms with E-state index in [1.54, 1.807) is 6.33 Å². The minimum Gasteiger partial charge on any atom is -0.384 e. The molecule has 0 fully saturated rings. The number of fused-ring (bicyclic) bond motifs is 1. The molecule has 2 rings (SSSR count). The minimum absolute atomic E-state index is 0.107. The van der Waals surface area contributed by atoms with Crippen LogP contribution in [0.25, 0.3) is 11.2 Å². The summed E-state index contributed by atoms with van der Waals surface area (Å²) in [6, 6.07) is 0. The quantitative estimate of drug-likeness (QED) is 0.436. The molecule has 0 saturated carbocycles. The van der Waals surface area contributed by atoms with Crippen molar-refractivity contribution in [3.05, 3.63) is 12.7 Å². The SMILES string of the molecule is OCC#CCSc1ncnc2nc[nH]c12. The highest BCUT2D eigenvalue weighted by Gasteiger charge is 2.04. The Labute approximate surface area is 90.4 Å². The Balaban J connectivity index is 2.17. The molecule has 0 atom stereocenters. The molecule has 0 aliphatic carbocycles. The Hall–Kier alpha value is -1.58. The Bertz CT molecular complexity index is 513. The van der Waals surface area contributed by atoms with Gasteiger partial charge in [-0.15, -0.1) is 0 Å². The molecular formula is C9H8N4OS. The molecule has 2 aromatic heterocycles. The molecule has 76 valence electrons. The number of aromatic nitrogens is 4. The first-order valence-electron chi connectivity index (χ1n) is 4.25. The van der Waals surface area contributed by atoms with E-state index in [-0.39, 0.29) is 6.61 Å². The Morgan fingerprint density at radius 3 is 3.13 bits per heavy atom. The zero-order valence-electron chi connectivity index (χ0n) is 7.77. The fourth-order valence-corrected chi connectivity index (χ4v) is 1.79. The van der Waals surface area contributed by atoms with Gasteiger partial charge in [-0.2, -0.15) is 0 Å². The molecule has 2 heterocycles. The van der Waals surface area contributed by atoms with E-state index in [1.165, 1.54) is 18.1 Å². The number of nitrogens with zero attached hydrogens (tertiary/aromatic N) is 3. The molecule has 6 heteroatoms. The first-order chi connectivity index (χ1) is 7.42. The number of hydrogen-bond acceptors (Lipinski definition) is 5. The lowest BCUT2D eigenvalue weighted by atomic mass is 10.6. The van der Waals surface area contributed by atoms with Crippen LogP contribution < -0.4 is 0 Å². The van der Waals surface area contributed by atoms with Gasteiger partial charge in [-0.05, 0) is 0 Å². The van der Waals surface area contributed by atoms with Crippen LogP contribution in [0.15, 0.2) is 17.7 Å². The van der Waals surface area contributed by atoms with Gasteiger partial charge in [-0.25, -0.2) is 15.0 Å². The number of thioether (sulfide) groups is 1. The third-order valence-corrected chi connectivity index (χ3v) is 2.54. The van der Waals surface area contributed by atoms with Crippen LogP contribution in [0.2, 0.25) is 0 Å². The molecule has 0 aliphatic rings. The van der Waals surface area contributed by atoms with Gasteiger partial charge in [0.15, 0.2) is 5.65 Å². The van der Waals surface area contributed by atoms with E-state index < -0.39 is 0 Å². The maximum absolute atomic E-state index is 8.48. The van der Waals surface area contributed by atoms with Crippen molar-refractivity contribution in [1.29, 1.82) is 0 Å². The van der Waals surface area contributed by atoms with Crippen LogP contribution in [0, 0.1) is 11.8 Å². The van der Waals surface area contributed by atoms with Crippen molar-refractivity contribution in [3.63, 3.8) is 0 Å². The van der Waals surface area contributed by atoms with Crippen LogP contribution in [0.1, 0.15) is 0 Å². The largest absolute Gasteiger partial charge is 0.384 e. The summed E-state index contributed by atoms with van der Waals surface area (Å²) in [7, 11) is 0. The first-order valence-corrected chi connectivity index (χ1v) is 5.24. The number of aromatic amines is 1. The average Bonchev–Trinajstić information content (AvgIpc) is 2.73. The molecule has 0 bridgehead atoms. The van der Waals surface area contributed by atoms with E-state index in [2.05, 4.69) is 31.8 Å². The van der Waals surface area contributed by atoms with Crippen molar-refractivity contribution in [2.24, 2.45) is 0 Å². The second-order valence-electron chi connectivity index (χ2n) is 2.58. The molecule has 2 aromatic rings. The van der Waals surface area contributed by atoms with Crippen molar-refractivity contribution < 1.29 is 5.11 Å². The molecule has 0 saturated heterocycles. The van der Waals surface area contributed by atoms with Gasteiger partial charge in [-0.1, -0.05) is 23.6 Å². The molecule has 0 aromatic carbocycles. The highest BCUT2D eigenvalue weighted by molar-refractivity contribution is 7.99. The standard InChI is InChI=1S/C9H8N4OS/c14-3-1-2-4-15-9-7-8(11-5-10-7)12-6-13-9/h5-6,14H,3-4H2,(H,10,11,12,13). The number of aliphatic hydroxyl groups excluding tert-OH is 1. The van der Waals surface area contributed by atoms with Crippen molar-refractivity contribution in [1.82, 2.24) is 19.9 Å². The second-order valence-corrected chi connectivity index (χ2v) is 3.54. The molecule has 0 radical (unpaired) electrons. The van der Waals surface area contributed by atoms with Gasteiger partial charge in [0.05, 0.1) is 12.1 Å². The zero-order valence-corrected chi connectivity index (χ0v) is 8.58. The van der Waals surface area contributed by atoms with Crippen LogP contribution in [0.3, 0.4) is 0 Å². The van der Waals surface area contributed by atoms with Crippen molar-refractivity contribution in [2.45, 2.75) is 5.03 Å². The van der Waals surface area contributed by atoms with Crippen molar-refractivity contribution in [2.75, 3.05) is 12.4 Å². The molecule has 5 nitrogen and oxygen atoms in total. The molecule has 0 aliphatic heterocycles. The summed E-state index contributed by atoms with van der Waals surface area (Å²) in [5.74, 6) is 5.97. The average molecular weight is 220 g/mol. The Morgan fingerprint density at radius 1 is 1.33 bits per heavy atom. The molecule has 15 heavy (non-hydrogen) atoms. The molecule has 0 unspecified atom stereocenters. The second kappa shape index (κ2) is 4.77. The number of H-pyrrole nitrogens is 1. The summed E-state index contributed by atoms with van der Waals surface area (Å²) < 4.78 is 0. The lowest BCUT2D eigenvalue weighted by Crippen LogP contribution is -1.86. The molecule has 0 spiro atoms. The van der Waals surface area contributed by atoms with E-state index in [0.717, 1.165) is 10.5 Å². The fraction of sp³-hybridized carbons (Fsp3) is 0.222. The summed E-state index contributed by atoms with van der Waals surface area (Å²) in [6.45, 7) is -0.107. The van der Waals surface area contributed by atoms with Gasteiger partial charge in [0.1, 0.15) is 23.5 Å². The van der Waals surface area contributed by atoms with E-state index in [4.69, 9.17) is 5.11 Å². The zero-order chi connectivity index (χ0) is 10.5. The van der Waals surface area contributed by atoms with E-state index in [0.29, 0.717) is 11.4 Å². The van der Waals surface area contributed by atoms with E-state index in [1.807, 2.05) is 0 Å². The summed E-state index contributed by atoms with van der Waals surface area (Å²) in [6.07, 6.45) is 3.06. The number of hydrogen-bond donors (Lipinski definition) is 2. The fourth-order valence-electron chi connectivity index (χ4n) is 1.06. The van der Waals surface area contributed by atoms with Crippen LogP contribution in [0.5, 0.6) is 0 Å². The van der Waals surface area contributed by atoms with Gasteiger partial charge >= 0.3 is 0 Å². The summed E-state index contributed by atoms with van der Waals surface area (Å²) in [5, 5.41) is 9.30. The highest BCUT2D eigenvalue weighted by atomic mass is 32.2. The predicted octanol–water partition coefficient (Wildman–Crippen LogP) is 0.441. The van der Waals surface area contributed by atoms with Crippen LogP contribution in [-0.4, -0.2) is 37.4 Å². The maximum atomic E-state index is 8.48. The summed E-state index contributed by atoms with van der Waals surface area (Å²) in [4.78, 5) is 15.1. The minimum atomic E-state index is -0.107. The van der Waals surface area contributed by atoms with E-state index >= 15 is 0 Å². The summed E-state index contributed by atoms with van der Waals surface area (Å²) >= 11 is 1.49. The number of imidazole rings is 1. The highest BCUT2D eigenvalue weighted by Crippen LogP contribution is 2.20. The van der Waals surface area contributed by atoms with Gasteiger partial charge in [-0.3, -0.25) is 0 Å². The van der Waals surface area contributed by atoms with E-state index in [9.17, 15) is 0 Å². The van der Waals surface area contributed by atoms with Crippen LogP contribution in [-0.2, 0) is 0 Å². The molecule has 0 amide bonds. The number of aliphatic hydroxyl groups is 1. The van der Waals surface area contributed by atoms with Crippen molar-refractivity contribution in [3.8, 4) is 11.8 Å². The lowest BCUT2D eigenvalue weighted by molar-refractivity contribution is 0.350. The van der Waals surface area contributed by atoms with Crippen LogP contribution >= 0.6 is 11.8 Å². The Kier molecular flexibility index (Phi) is 3.17. The van der Waals surface area contributed by atoms with Crippen molar-refractivity contribution >= 4 is 22.9 Å². The van der Waals surface area contributed by atoms with Gasteiger partial charge in [0.2, 0.25) is 0 Å². The molecule has 2 N–H and O–H groups in total. The number of rotatable bonds is 2. The topological polar surface area (TPSA) is 74.7 Å². The maximum Gasteiger partial charge on any atom is 0.181 e.